The number of nitro benzene ring substituents is 1. The van der Waals surface area contributed by atoms with Gasteiger partial charge in [-0.15, -0.1) is 0 Å². The molecule has 0 bridgehead atoms. The van der Waals surface area contributed by atoms with Gasteiger partial charge < -0.3 is 10.2 Å². The predicted molar refractivity (Wildman–Crippen MR) is 91.9 cm³/mol. The monoisotopic (exact) mass is 322 g/mol. The Balaban J connectivity index is 1.89. The maximum atomic E-state index is 11.3. The summed E-state index contributed by atoms with van der Waals surface area (Å²) < 4.78 is 0. The number of rotatable bonds is 4. The van der Waals surface area contributed by atoms with Crippen LogP contribution in [0.5, 0.6) is 0 Å². The standard InChI is InChI=1S/C18H18N4O2/c1-21-11-15(14-5-3-2-4-6-14)17(12-21)20-16-8-7-13(10-19)9-18(16)22(23)24/h2-9,15,17,20H,11-12H2,1H3/t15-,17-/m0/s1. The third-order valence-electron chi connectivity index (χ3n) is 4.39. The first-order chi connectivity index (χ1) is 11.6. The van der Waals surface area contributed by atoms with E-state index in [0.29, 0.717) is 5.69 Å². The van der Waals surface area contributed by atoms with Crippen molar-refractivity contribution < 1.29 is 4.92 Å². The van der Waals surface area contributed by atoms with Gasteiger partial charge in [0, 0.05) is 31.1 Å². The smallest absolute Gasteiger partial charge is 0.293 e. The highest BCUT2D eigenvalue weighted by atomic mass is 16.6. The predicted octanol–water partition coefficient (Wildman–Crippen LogP) is 2.98. The third kappa shape index (κ3) is 3.21. The van der Waals surface area contributed by atoms with Crippen LogP contribution in [-0.4, -0.2) is 36.0 Å². The number of nitrogens with zero attached hydrogens (tertiary/aromatic N) is 3. The molecule has 1 aliphatic heterocycles. The summed E-state index contributed by atoms with van der Waals surface area (Å²) in [6.07, 6.45) is 0. The second kappa shape index (κ2) is 6.69. The Labute approximate surface area is 140 Å². The first-order valence-electron chi connectivity index (χ1n) is 7.77. The van der Waals surface area contributed by atoms with Crippen molar-refractivity contribution in [1.29, 1.82) is 5.26 Å². The van der Waals surface area contributed by atoms with Crippen molar-refractivity contribution in [3.8, 4) is 6.07 Å². The Morgan fingerprint density at radius 1 is 1.25 bits per heavy atom. The molecular formula is C18H18N4O2. The lowest BCUT2D eigenvalue weighted by molar-refractivity contribution is -0.384. The van der Waals surface area contributed by atoms with Gasteiger partial charge >= 0.3 is 0 Å². The van der Waals surface area contributed by atoms with E-state index in [9.17, 15) is 10.1 Å². The lowest BCUT2D eigenvalue weighted by Crippen LogP contribution is -2.27. The van der Waals surface area contributed by atoms with E-state index >= 15 is 0 Å². The summed E-state index contributed by atoms with van der Waals surface area (Å²) in [7, 11) is 2.05. The molecule has 0 spiro atoms. The van der Waals surface area contributed by atoms with Crippen molar-refractivity contribution in [2.75, 3.05) is 25.5 Å². The summed E-state index contributed by atoms with van der Waals surface area (Å²) >= 11 is 0. The van der Waals surface area contributed by atoms with Crippen molar-refractivity contribution in [3.05, 3.63) is 69.8 Å². The van der Waals surface area contributed by atoms with Crippen LogP contribution in [0.25, 0.3) is 0 Å². The molecule has 0 aliphatic carbocycles. The molecule has 1 heterocycles. The molecule has 1 aliphatic rings. The average molecular weight is 322 g/mol. The highest BCUT2D eigenvalue weighted by Crippen LogP contribution is 2.32. The van der Waals surface area contributed by atoms with Crippen LogP contribution in [0.2, 0.25) is 0 Å². The number of nitrogens with one attached hydrogen (secondary N) is 1. The highest BCUT2D eigenvalue weighted by molar-refractivity contribution is 5.64. The number of hydrogen-bond donors (Lipinski definition) is 1. The molecule has 6 nitrogen and oxygen atoms in total. The lowest BCUT2D eigenvalue weighted by atomic mass is 9.94. The zero-order valence-electron chi connectivity index (χ0n) is 13.3. The third-order valence-corrected chi connectivity index (χ3v) is 4.39. The molecule has 6 heteroatoms. The van der Waals surface area contributed by atoms with E-state index in [0.717, 1.165) is 13.1 Å². The van der Waals surface area contributed by atoms with E-state index in [-0.39, 0.29) is 23.2 Å². The minimum atomic E-state index is -0.445. The summed E-state index contributed by atoms with van der Waals surface area (Å²) in [6, 6.07) is 16.7. The maximum Gasteiger partial charge on any atom is 0.293 e. The van der Waals surface area contributed by atoms with Crippen LogP contribution in [0.1, 0.15) is 17.0 Å². The van der Waals surface area contributed by atoms with Crippen LogP contribution in [-0.2, 0) is 0 Å². The topological polar surface area (TPSA) is 82.2 Å². The van der Waals surface area contributed by atoms with Gasteiger partial charge in [0.05, 0.1) is 16.6 Å². The summed E-state index contributed by atoms with van der Waals surface area (Å²) in [4.78, 5) is 13.1. The number of benzene rings is 2. The number of hydrogen-bond acceptors (Lipinski definition) is 5. The van der Waals surface area contributed by atoms with Crippen molar-refractivity contribution in [2.24, 2.45) is 0 Å². The van der Waals surface area contributed by atoms with Gasteiger partial charge in [0.15, 0.2) is 0 Å². The fourth-order valence-electron chi connectivity index (χ4n) is 3.26. The van der Waals surface area contributed by atoms with Gasteiger partial charge in [-0.3, -0.25) is 10.1 Å². The van der Waals surface area contributed by atoms with Crippen LogP contribution in [0.3, 0.4) is 0 Å². The van der Waals surface area contributed by atoms with E-state index in [4.69, 9.17) is 5.26 Å². The SMILES string of the molecule is CN1C[C@H](Nc2ccc(C#N)cc2[N+](=O)[O-])[C@H](c2ccccc2)C1. The van der Waals surface area contributed by atoms with Crippen LogP contribution in [0.4, 0.5) is 11.4 Å². The molecular weight excluding hydrogens is 304 g/mol. The van der Waals surface area contributed by atoms with Crippen LogP contribution in [0, 0.1) is 21.4 Å². The maximum absolute atomic E-state index is 11.3. The van der Waals surface area contributed by atoms with Crippen molar-refractivity contribution in [3.63, 3.8) is 0 Å². The fraction of sp³-hybridized carbons (Fsp3) is 0.278. The Bertz CT molecular complexity index is 785. The number of likely N-dealkylation sites (N-methyl/N-ethyl adjacent to an activating group) is 1. The Morgan fingerprint density at radius 2 is 2.00 bits per heavy atom. The Morgan fingerprint density at radius 3 is 2.67 bits per heavy atom. The number of nitriles is 1. The minimum Gasteiger partial charge on any atom is -0.375 e. The number of nitro groups is 1. The Kier molecular flexibility index (Phi) is 4.45. The van der Waals surface area contributed by atoms with Crippen molar-refractivity contribution >= 4 is 11.4 Å². The summed E-state index contributed by atoms with van der Waals surface area (Å²) in [5.74, 6) is 0.256. The van der Waals surface area contributed by atoms with Crippen LogP contribution < -0.4 is 5.32 Å². The summed E-state index contributed by atoms with van der Waals surface area (Å²) in [5.41, 5.74) is 1.90. The van der Waals surface area contributed by atoms with E-state index < -0.39 is 4.92 Å². The fourth-order valence-corrected chi connectivity index (χ4v) is 3.26. The Hall–Kier alpha value is -2.91. The molecule has 2 aromatic carbocycles. The molecule has 0 amide bonds. The largest absolute Gasteiger partial charge is 0.375 e. The van der Waals surface area contributed by atoms with Gasteiger partial charge in [-0.05, 0) is 24.7 Å². The second-order valence-electron chi connectivity index (χ2n) is 6.09. The van der Waals surface area contributed by atoms with Gasteiger partial charge in [-0.1, -0.05) is 30.3 Å². The van der Waals surface area contributed by atoms with Crippen molar-refractivity contribution in [1.82, 2.24) is 4.90 Å². The van der Waals surface area contributed by atoms with E-state index in [2.05, 4.69) is 22.3 Å². The van der Waals surface area contributed by atoms with Gasteiger partial charge in [0.25, 0.3) is 5.69 Å². The van der Waals surface area contributed by atoms with Gasteiger partial charge in [0.1, 0.15) is 5.69 Å². The number of likely N-dealkylation sites (tertiary alicyclic amines) is 1. The van der Waals surface area contributed by atoms with E-state index in [1.54, 1.807) is 12.1 Å². The molecule has 0 saturated carbocycles. The molecule has 2 aromatic rings. The highest BCUT2D eigenvalue weighted by Gasteiger charge is 2.33. The van der Waals surface area contributed by atoms with E-state index in [1.165, 1.54) is 11.6 Å². The normalized spacial score (nSPS) is 20.5. The summed E-state index contributed by atoms with van der Waals surface area (Å²) in [5, 5.41) is 23.6. The molecule has 24 heavy (non-hydrogen) atoms. The molecule has 1 N–H and O–H groups in total. The van der Waals surface area contributed by atoms with Gasteiger partial charge in [-0.25, -0.2) is 0 Å². The van der Waals surface area contributed by atoms with Crippen molar-refractivity contribution in [2.45, 2.75) is 12.0 Å². The second-order valence-corrected chi connectivity index (χ2v) is 6.09. The molecule has 0 unspecified atom stereocenters. The molecule has 122 valence electrons. The molecule has 0 radical (unpaired) electrons. The van der Waals surface area contributed by atoms with Gasteiger partial charge in [0.2, 0.25) is 0 Å². The average Bonchev–Trinajstić information content (AvgIpc) is 2.96. The first-order valence-corrected chi connectivity index (χ1v) is 7.77. The zero-order chi connectivity index (χ0) is 17.1. The van der Waals surface area contributed by atoms with Crippen LogP contribution >= 0.6 is 0 Å². The first kappa shape index (κ1) is 16.0. The zero-order valence-corrected chi connectivity index (χ0v) is 13.3. The quantitative estimate of drug-likeness (QED) is 0.691. The molecule has 1 saturated heterocycles. The van der Waals surface area contributed by atoms with Gasteiger partial charge in [-0.2, -0.15) is 5.26 Å². The minimum absolute atomic E-state index is 0.0598. The molecule has 1 fully saturated rings. The molecule has 3 rings (SSSR count). The molecule has 2 atom stereocenters. The number of anilines is 1. The molecule has 0 aromatic heterocycles. The lowest BCUT2D eigenvalue weighted by Gasteiger charge is -2.21. The van der Waals surface area contributed by atoms with E-state index in [1.807, 2.05) is 31.3 Å². The van der Waals surface area contributed by atoms with Crippen LogP contribution in [0.15, 0.2) is 48.5 Å². The summed E-state index contributed by atoms with van der Waals surface area (Å²) in [6.45, 7) is 1.70.